The van der Waals surface area contributed by atoms with E-state index in [4.69, 9.17) is 10.5 Å². The van der Waals surface area contributed by atoms with Crippen molar-refractivity contribution in [2.45, 2.75) is 18.9 Å². The Hall–Kier alpha value is -1.66. The van der Waals surface area contributed by atoms with Crippen molar-refractivity contribution in [3.8, 4) is 0 Å². The number of nitrogen functional groups attached to an aromatic ring is 1. The molecule has 0 heterocycles. The minimum absolute atomic E-state index is 0.0289. The van der Waals surface area contributed by atoms with E-state index in [2.05, 4.69) is 10.2 Å². The van der Waals surface area contributed by atoms with E-state index in [0.29, 0.717) is 24.9 Å². The number of carbonyl (C=O) groups is 1. The van der Waals surface area contributed by atoms with Crippen LogP contribution in [0, 0.1) is 5.82 Å². The van der Waals surface area contributed by atoms with Gasteiger partial charge in [-0.25, -0.2) is 4.39 Å². The number of rotatable bonds is 7. The van der Waals surface area contributed by atoms with Crippen molar-refractivity contribution in [2.75, 3.05) is 37.9 Å². The largest absolute Gasteiger partial charge is 0.396 e. The van der Waals surface area contributed by atoms with Gasteiger partial charge in [-0.3, -0.25) is 9.69 Å². The Morgan fingerprint density at radius 2 is 2.30 bits per heavy atom. The molecule has 0 aliphatic heterocycles. The van der Waals surface area contributed by atoms with E-state index in [0.717, 1.165) is 19.4 Å². The van der Waals surface area contributed by atoms with Crippen LogP contribution in [0.25, 0.3) is 0 Å². The van der Waals surface area contributed by atoms with Gasteiger partial charge in [-0.15, -0.1) is 0 Å². The highest BCUT2D eigenvalue weighted by Crippen LogP contribution is 2.26. The number of nitrogens with two attached hydrogens (primary N) is 1. The number of halogens is 1. The zero-order valence-electron chi connectivity index (χ0n) is 11.6. The predicted octanol–water partition coefficient (Wildman–Crippen LogP) is 1.46. The Balaban J connectivity index is 1.88. The fourth-order valence-electron chi connectivity index (χ4n) is 2.05. The minimum atomic E-state index is -0.484. The minimum Gasteiger partial charge on any atom is -0.396 e. The summed E-state index contributed by atoms with van der Waals surface area (Å²) in [4.78, 5) is 14.1. The molecule has 1 aliphatic rings. The van der Waals surface area contributed by atoms with Crippen LogP contribution in [-0.4, -0.2) is 43.7 Å². The topological polar surface area (TPSA) is 67.6 Å². The number of carbonyl (C=O) groups excluding carboxylic acids is 1. The van der Waals surface area contributed by atoms with Crippen LogP contribution >= 0.6 is 0 Å². The molecule has 1 amide bonds. The third-order valence-electron chi connectivity index (χ3n) is 3.27. The highest BCUT2D eigenvalue weighted by molar-refractivity contribution is 5.92. The normalized spacial score (nSPS) is 14.6. The summed E-state index contributed by atoms with van der Waals surface area (Å²) in [6, 6.07) is 4.65. The van der Waals surface area contributed by atoms with Crippen molar-refractivity contribution in [3.63, 3.8) is 0 Å². The van der Waals surface area contributed by atoms with Crippen LogP contribution in [0.4, 0.5) is 15.8 Å². The summed E-state index contributed by atoms with van der Waals surface area (Å²) in [6.07, 6.45) is 2.25. The summed E-state index contributed by atoms with van der Waals surface area (Å²) in [5.74, 6) is -0.610. The predicted molar refractivity (Wildman–Crippen MR) is 75.9 cm³/mol. The molecule has 0 bridgehead atoms. The quantitative estimate of drug-likeness (QED) is 0.742. The van der Waals surface area contributed by atoms with Gasteiger partial charge in [0.1, 0.15) is 5.82 Å². The van der Waals surface area contributed by atoms with Crippen molar-refractivity contribution in [1.82, 2.24) is 4.90 Å². The lowest BCUT2D eigenvalue weighted by Gasteiger charge is -2.20. The average Bonchev–Trinajstić information content (AvgIpc) is 3.23. The van der Waals surface area contributed by atoms with Crippen LogP contribution in [0.15, 0.2) is 18.2 Å². The zero-order chi connectivity index (χ0) is 14.5. The molecule has 6 heteroatoms. The number of anilines is 2. The van der Waals surface area contributed by atoms with Crippen molar-refractivity contribution in [2.24, 2.45) is 0 Å². The molecule has 1 saturated carbocycles. The Morgan fingerprint density at radius 1 is 1.55 bits per heavy atom. The Bertz CT molecular complexity index is 477. The summed E-state index contributed by atoms with van der Waals surface area (Å²) < 4.78 is 18.1. The first-order chi connectivity index (χ1) is 9.60. The third-order valence-corrected chi connectivity index (χ3v) is 3.27. The van der Waals surface area contributed by atoms with E-state index < -0.39 is 5.82 Å². The lowest BCUT2D eigenvalue weighted by atomic mass is 10.2. The van der Waals surface area contributed by atoms with E-state index in [-0.39, 0.29) is 11.6 Å². The highest BCUT2D eigenvalue weighted by atomic mass is 19.1. The number of nitrogens with zero attached hydrogens (tertiary/aromatic N) is 1. The van der Waals surface area contributed by atoms with Gasteiger partial charge in [0.05, 0.1) is 18.8 Å². The van der Waals surface area contributed by atoms with Crippen LogP contribution in [0.1, 0.15) is 12.8 Å². The van der Waals surface area contributed by atoms with Gasteiger partial charge < -0.3 is 15.8 Å². The SMILES string of the molecule is COCCN(CC(=O)Nc1ccc(F)c(N)c1)C1CC1. The number of ether oxygens (including phenoxy) is 1. The van der Waals surface area contributed by atoms with Gasteiger partial charge in [-0.1, -0.05) is 0 Å². The molecule has 0 aromatic heterocycles. The van der Waals surface area contributed by atoms with Crippen LogP contribution in [0.5, 0.6) is 0 Å². The van der Waals surface area contributed by atoms with Gasteiger partial charge in [0.15, 0.2) is 0 Å². The number of hydrogen-bond acceptors (Lipinski definition) is 4. The number of nitrogens with one attached hydrogen (secondary N) is 1. The summed E-state index contributed by atoms with van der Waals surface area (Å²) >= 11 is 0. The zero-order valence-corrected chi connectivity index (χ0v) is 11.6. The second kappa shape index (κ2) is 6.67. The van der Waals surface area contributed by atoms with Gasteiger partial charge in [0, 0.05) is 25.4 Å². The maximum atomic E-state index is 13.0. The lowest BCUT2D eigenvalue weighted by molar-refractivity contribution is -0.117. The van der Waals surface area contributed by atoms with E-state index in [1.807, 2.05) is 0 Å². The molecule has 1 aromatic rings. The van der Waals surface area contributed by atoms with Crippen LogP contribution in [0.2, 0.25) is 0 Å². The molecular formula is C14H20FN3O2. The van der Waals surface area contributed by atoms with Crippen LogP contribution in [-0.2, 0) is 9.53 Å². The first-order valence-electron chi connectivity index (χ1n) is 6.68. The summed E-state index contributed by atoms with van der Waals surface area (Å²) in [5, 5.41) is 2.73. The summed E-state index contributed by atoms with van der Waals surface area (Å²) in [5.41, 5.74) is 6.01. The van der Waals surface area contributed by atoms with Gasteiger partial charge in [-0.05, 0) is 31.0 Å². The summed E-state index contributed by atoms with van der Waals surface area (Å²) in [6.45, 7) is 1.65. The standard InChI is InChI=1S/C14H20FN3O2/c1-20-7-6-18(11-3-4-11)9-14(19)17-10-2-5-12(15)13(16)8-10/h2,5,8,11H,3-4,6-7,9,16H2,1H3,(H,17,19). The fourth-order valence-corrected chi connectivity index (χ4v) is 2.05. The Labute approximate surface area is 117 Å². The second-order valence-electron chi connectivity index (χ2n) is 4.98. The van der Waals surface area contributed by atoms with Gasteiger partial charge in [0.25, 0.3) is 0 Å². The molecule has 110 valence electrons. The van der Waals surface area contributed by atoms with E-state index in [9.17, 15) is 9.18 Å². The highest BCUT2D eigenvalue weighted by Gasteiger charge is 2.29. The molecular weight excluding hydrogens is 261 g/mol. The van der Waals surface area contributed by atoms with Crippen molar-refractivity contribution in [3.05, 3.63) is 24.0 Å². The molecule has 0 radical (unpaired) electrons. The maximum absolute atomic E-state index is 13.0. The molecule has 0 atom stereocenters. The maximum Gasteiger partial charge on any atom is 0.238 e. The van der Waals surface area contributed by atoms with E-state index >= 15 is 0 Å². The monoisotopic (exact) mass is 281 g/mol. The van der Waals surface area contributed by atoms with Crippen molar-refractivity contribution in [1.29, 1.82) is 0 Å². The Kier molecular flexibility index (Phi) is 4.92. The van der Waals surface area contributed by atoms with Gasteiger partial charge in [-0.2, -0.15) is 0 Å². The number of methoxy groups -OCH3 is 1. The van der Waals surface area contributed by atoms with Gasteiger partial charge >= 0.3 is 0 Å². The molecule has 0 saturated heterocycles. The molecule has 0 unspecified atom stereocenters. The van der Waals surface area contributed by atoms with Crippen molar-refractivity contribution >= 4 is 17.3 Å². The first-order valence-corrected chi connectivity index (χ1v) is 6.68. The smallest absolute Gasteiger partial charge is 0.238 e. The van der Waals surface area contributed by atoms with Crippen LogP contribution < -0.4 is 11.1 Å². The van der Waals surface area contributed by atoms with E-state index in [1.165, 1.54) is 18.2 Å². The third kappa shape index (κ3) is 4.18. The summed E-state index contributed by atoms with van der Waals surface area (Å²) in [7, 11) is 1.65. The molecule has 5 nitrogen and oxygen atoms in total. The molecule has 2 rings (SSSR count). The second-order valence-corrected chi connectivity index (χ2v) is 4.98. The molecule has 1 fully saturated rings. The molecule has 0 spiro atoms. The number of amides is 1. The number of benzene rings is 1. The van der Waals surface area contributed by atoms with E-state index in [1.54, 1.807) is 7.11 Å². The first kappa shape index (κ1) is 14.7. The molecule has 1 aliphatic carbocycles. The van der Waals surface area contributed by atoms with Crippen LogP contribution in [0.3, 0.4) is 0 Å². The molecule has 1 aromatic carbocycles. The number of hydrogen-bond donors (Lipinski definition) is 2. The lowest BCUT2D eigenvalue weighted by Crippen LogP contribution is -2.37. The Morgan fingerprint density at radius 3 is 2.90 bits per heavy atom. The average molecular weight is 281 g/mol. The van der Waals surface area contributed by atoms with Crippen molar-refractivity contribution < 1.29 is 13.9 Å². The molecule has 3 N–H and O–H groups in total. The molecule has 20 heavy (non-hydrogen) atoms. The van der Waals surface area contributed by atoms with Gasteiger partial charge in [0.2, 0.25) is 5.91 Å². The fraction of sp³-hybridized carbons (Fsp3) is 0.500.